The number of ether oxygens (including phenoxy) is 4. The molecule has 0 spiro atoms. The van der Waals surface area contributed by atoms with Gasteiger partial charge in [-0.2, -0.15) is 0 Å². The Kier molecular flexibility index (Phi) is 12.0. The Morgan fingerprint density at radius 3 is 1.26 bits per heavy atom. The van der Waals surface area contributed by atoms with Gasteiger partial charge in [0.1, 0.15) is 48.8 Å². The van der Waals surface area contributed by atoms with Gasteiger partial charge < -0.3 is 59.8 Å². The predicted octanol–water partition coefficient (Wildman–Crippen LogP) is -1.65. The lowest BCUT2D eigenvalue weighted by Gasteiger charge is -2.43. The molecule has 0 amide bonds. The number of hydrogen-bond donors (Lipinski definition) is 8. The van der Waals surface area contributed by atoms with Crippen LogP contribution < -0.4 is 0 Å². The molecule has 2 saturated heterocycles. The molecule has 38 heavy (non-hydrogen) atoms. The van der Waals surface area contributed by atoms with Gasteiger partial charge in [0.15, 0.2) is 12.6 Å². The molecule has 2 aliphatic rings. The van der Waals surface area contributed by atoms with E-state index in [1.165, 1.54) is 0 Å². The minimum Gasteiger partial charge on any atom is -0.394 e. The zero-order valence-corrected chi connectivity index (χ0v) is 20.6. The first-order valence-electron chi connectivity index (χ1n) is 12.2. The van der Waals surface area contributed by atoms with Gasteiger partial charge in [-0.3, -0.25) is 0 Å². The van der Waals surface area contributed by atoms with Crippen molar-refractivity contribution < 1.29 is 59.8 Å². The summed E-state index contributed by atoms with van der Waals surface area (Å²) in [4.78, 5) is 0. The highest BCUT2D eigenvalue weighted by Crippen LogP contribution is 2.34. The number of hydrogen-bond acceptors (Lipinski definition) is 12. The standard InChI is InChI=1S/C20H22O6.C6H14O6/c21-15-11-23-19(13-7-3-1-4-8-13)25-17(15)18-16(22)12-24-20(26-18)14-9-5-2-6-10-14;7-1-3(9)5(11)6(12)4(10)2-8/h1-10,15-22H,11-12H2;3-12H,1-2H2/t15-,16-,17?,18?,19+,20+;3-,4-,5-,6-/m01/s1. The van der Waals surface area contributed by atoms with Crippen LogP contribution in [0.15, 0.2) is 60.7 Å². The zero-order valence-electron chi connectivity index (χ0n) is 20.6. The van der Waals surface area contributed by atoms with E-state index in [-0.39, 0.29) is 13.2 Å². The van der Waals surface area contributed by atoms with Crippen molar-refractivity contribution in [1.82, 2.24) is 0 Å². The number of aliphatic hydroxyl groups is 8. The van der Waals surface area contributed by atoms with Gasteiger partial charge >= 0.3 is 0 Å². The van der Waals surface area contributed by atoms with Crippen LogP contribution in [0.3, 0.4) is 0 Å². The molecule has 0 saturated carbocycles. The summed E-state index contributed by atoms with van der Waals surface area (Å²) < 4.78 is 23.1. The van der Waals surface area contributed by atoms with Crippen LogP contribution in [0.25, 0.3) is 0 Å². The highest BCUT2D eigenvalue weighted by Gasteiger charge is 2.44. The monoisotopic (exact) mass is 540 g/mol. The van der Waals surface area contributed by atoms with Crippen molar-refractivity contribution in [2.75, 3.05) is 26.4 Å². The van der Waals surface area contributed by atoms with Crippen LogP contribution in [-0.2, 0) is 18.9 Å². The summed E-state index contributed by atoms with van der Waals surface area (Å²) in [5, 5.41) is 72.9. The van der Waals surface area contributed by atoms with E-state index in [1.807, 2.05) is 60.7 Å². The summed E-state index contributed by atoms with van der Waals surface area (Å²) in [6.45, 7) is -1.24. The van der Waals surface area contributed by atoms with E-state index in [0.717, 1.165) is 11.1 Å². The lowest BCUT2D eigenvalue weighted by molar-refractivity contribution is -0.331. The lowest BCUT2D eigenvalue weighted by Crippen LogP contribution is -2.55. The van der Waals surface area contributed by atoms with Gasteiger partial charge in [-0.1, -0.05) is 60.7 Å². The predicted molar refractivity (Wildman–Crippen MR) is 130 cm³/mol. The maximum Gasteiger partial charge on any atom is 0.184 e. The highest BCUT2D eigenvalue weighted by molar-refractivity contribution is 5.18. The molecule has 0 radical (unpaired) electrons. The molecule has 10 atom stereocenters. The second kappa shape index (κ2) is 14.9. The van der Waals surface area contributed by atoms with Crippen LogP contribution in [-0.4, -0.2) is 116 Å². The summed E-state index contributed by atoms with van der Waals surface area (Å²) in [6, 6.07) is 19.0. The van der Waals surface area contributed by atoms with E-state index in [2.05, 4.69) is 0 Å². The van der Waals surface area contributed by atoms with Crippen molar-refractivity contribution in [3.8, 4) is 0 Å². The third-order valence-electron chi connectivity index (χ3n) is 6.14. The van der Waals surface area contributed by atoms with Crippen molar-refractivity contribution in [2.24, 2.45) is 0 Å². The molecule has 4 rings (SSSR count). The topological polar surface area (TPSA) is 199 Å². The average Bonchev–Trinajstić information content (AvgIpc) is 2.97. The van der Waals surface area contributed by atoms with E-state index in [4.69, 9.17) is 49.6 Å². The number of aliphatic hydroxyl groups excluding tert-OH is 8. The van der Waals surface area contributed by atoms with Crippen LogP contribution in [0.1, 0.15) is 23.7 Å². The lowest BCUT2D eigenvalue weighted by atomic mass is 10.0. The van der Waals surface area contributed by atoms with Crippen LogP contribution in [0.4, 0.5) is 0 Å². The molecule has 0 aliphatic carbocycles. The van der Waals surface area contributed by atoms with Crippen LogP contribution >= 0.6 is 0 Å². The Hall–Kier alpha value is -2.04. The fraction of sp³-hybridized carbons (Fsp3) is 0.538. The van der Waals surface area contributed by atoms with Gasteiger partial charge in [-0.15, -0.1) is 0 Å². The quantitative estimate of drug-likeness (QED) is 0.190. The van der Waals surface area contributed by atoms with E-state index < -0.39 is 74.6 Å². The third kappa shape index (κ3) is 7.99. The zero-order chi connectivity index (χ0) is 27.7. The molecule has 2 unspecified atom stereocenters. The normalized spacial score (nSPS) is 30.8. The van der Waals surface area contributed by atoms with Gasteiger partial charge in [-0.25, -0.2) is 0 Å². The molecule has 212 valence electrons. The Bertz CT molecular complexity index is 843. The molecule has 12 nitrogen and oxygen atoms in total. The summed E-state index contributed by atoms with van der Waals surface area (Å²) in [7, 11) is 0. The largest absolute Gasteiger partial charge is 0.394 e. The molecule has 2 heterocycles. The Balaban J connectivity index is 0.000000284. The molecule has 2 aliphatic heterocycles. The first-order chi connectivity index (χ1) is 18.3. The second-order valence-corrected chi connectivity index (χ2v) is 8.97. The minimum atomic E-state index is -1.67. The maximum atomic E-state index is 10.4. The summed E-state index contributed by atoms with van der Waals surface area (Å²) in [6.07, 6.45) is -10.9. The van der Waals surface area contributed by atoms with Gasteiger partial charge in [0.2, 0.25) is 0 Å². The van der Waals surface area contributed by atoms with Crippen LogP contribution in [0.5, 0.6) is 0 Å². The van der Waals surface area contributed by atoms with E-state index in [9.17, 15) is 10.2 Å². The molecule has 12 heteroatoms. The summed E-state index contributed by atoms with van der Waals surface area (Å²) >= 11 is 0. The first kappa shape index (κ1) is 30.5. The van der Waals surface area contributed by atoms with Crippen molar-refractivity contribution >= 4 is 0 Å². The van der Waals surface area contributed by atoms with Crippen molar-refractivity contribution in [1.29, 1.82) is 0 Å². The molecule has 2 aromatic rings. The number of benzene rings is 2. The van der Waals surface area contributed by atoms with Gasteiger partial charge in [-0.05, 0) is 0 Å². The molecule has 2 fully saturated rings. The fourth-order valence-corrected chi connectivity index (χ4v) is 3.94. The van der Waals surface area contributed by atoms with E-state index >= 15 is 0 Å². The van der Waals surface area contributed by atoms with Gasteiger partial charge in [0.05, 0.1) is 26.4 Å². The van der Waals surface area contributed by atoms with Crippen LogP contribution in [0, 0.1) is 0 Å². The smallest absolute Gasteiger partial charge is 0.184 e. The van der Waals surface area contributed by atoms with Gasteiger partial charge in [0.25, 0.3) is 0 Å². The van der Waals surface area contributed by atoms with Crippen LogP contribution in [0.2, 0.25) is 0 Å². The summed E-state index contributed by atoms with van der Waals surface area (Å²) in [5.41, 5.74) is 1.70. The van der Waals surface area contributed by atoms with Crippen molar-refractivity contribution in [2.45, 2.75) is 61.4 Å². The SMILES string of the molecule is OC[C@@H](O)[C@@H](O)[C@H](O)[C@H](O)CO.O[C@H]1CO[C@@H](c2ccccc2)OC1C1O[C@H](c2ccccc2)OC[C@@H]1O. The van der Waals surface area contributed by atoms with Gasteiger partial charge in [0, 0.05) is 11.1 Å². The molecule has 2 aromatic carbocycles. The Morgan fingerprint density at radius 2 is 0.947 bits per heavy atom. The van der Waals surface area contributed by atoms with E-state index in [1.54, 1.807) is 0 Å². The minimum absolute atomic E-state index is 0.105. The molecule has 8 N–H and O–H groups in total. The number of rotatable bonds is 8. The molecular weight excluding hydrogens is 504 g/mol. The summed E-state index contributed by atoms with van der Waals surface area (Å²) in [5.74, 6) is 0. The third-order valence-corrected chi connectivity index (χ3v) is 6.14. The Morgan fingerprint density at radius 1 is 0.605 bits per heavy atom. The average molecular weight is 541 g/mol. The molecular formula is C26H36O12. The van der Waals surface area contributed by atoms with Crippen molar-refractivity contribution in [3.63, 3.8) is 0 Å². The molecule has 0 bridgehead atoms. The van der Waals surface area contributed by atoms with Crippen molar-refractivity contribution in [3.05, 3.63) is 71.8 Å². The Labute approximate surface area is 219 Å². The first-order valence-corrected chi connectivity index (χ1v) is 12.2. The fourth-order valence-electron chi connectivity index (χ4n) is 3.94. The maximum absolute atomic E-state index is 10.4. The molecule has 0 aromatic heterocycles. The second-order valence-electron chi connectivity index (χ2n) is 8.97. The van der Waals surface area contributed by atoms with E-state index in [0.29, 0.717) is 0 Å². The highest BCUT2D eigenvalue weighted by atomic mass is 16.7.